The highest BCUT2D eigenvalue weighted by atomic mass is 32.2. The Labute approximate surface area is 207 Å². The van der Waals surface area contributed by atoms with Gasteiger partial charge in [0.2, 0.25) is 11.9 Å². The molecule has 1 fully saturated rings. The summed E-state index contributed by atoms with van der Waals surface area (Å²) >= 11 is 0. The molecule has 1 aliphatic heterocycles. The van der Waals surface area contributed by atoms with E-state index in [9.17, 15) is 4.79 Å². The van der Waals surface area contributed by atoms with Gasteiger partial charge in [-0.25, -0.2) is 4.52 Å². The second-order valence-electron chi connectivity index (χ2n) is 8.69. The van der Waals surface area contributed by atoms with E-state index in [1.54, 1.807) is 4.52 Å². The minimum atomic E-state index is -0.280. The molecule has 1 aliphatic rings. The van der Waals surface area contributed by atoms with Gasteiger partial charge < -0.3 is 16.0 Å². The fourth-order valence-corrected chi connectivity index (χ4v) is 4.95. The average molecular weight is 488 g/mol. The van der Waals surface area contributed by atoms with Crippen molar-refractivity contribution in [3.63, 3.8) is 0 Å². The van der Waals surface area contributed by atoms with Gasteiger partial charge in [-0.1, -0.05) is 24.1 Å². The average Bonchev–Trinajstić information content (AvgIpc) is 3.27. The number of hydrogen-bond donors (Lipinski definition) is 2. The van der Waals surface area contributed by atoms with Crippen LogP contribution in [0.4, 0.5) is 17.3 Å². The quantitative estimate of drug-likeness (QED) is 0.388. The number of nitrogens with zero attached hydrogens (tertiary/aromatic N) is 5. The Hall–Kier alpha value is -3.69. The molecule has 1 amide bonds. The van der Waals surface area contributed by atoms with Gasteiger partial charge in [0.05, 0.1) is 6.54 Å². The molecule has 0 bridgehead atoms. The van der Waals surface area contributed by atoms with Gasteiger partial charge in [0.25, 0.3) is 0 Å². The lowest BCUT2D eigenvalue weighted by molar-refractivity contribution is -0.119. The lowest BCUT2D eigenvalue weighted by Gasteiger charge is -2.35. The Morgan fingerprint density at radius 2 is 1.86 bits per heavy atom. The third-order valence-electron chi connectivity index (χ3n) is 6.15. The molecular weight excluding hydrogens is 458 g/mol. The third-order valence-corrected chi connectivity index (χ3v) is 7.23. The lowest BCUT2D eigenvalue weighted by Crippen LogP contribution is -2.48. The molecule has 2 aromatic heterocycles. The number of amides is 1. The fourth-order valence-electron chi connectivity index (χ4n) is 4.35. The zero-order valence-electron chi connectivity index (χ0n) is 19.7. The van der Waals surface area contributed by atoms with Crippen LogP contribution in [-0.4, -0.2) is 70.3 Å². The summed E-state index contributed by atoms with van der Waals surface area (Å²) in [7, 11) is -0.0153. The van der Waals surface area contributed by atoms with Crippen LogP contribution in [0.5, 0.6) is 0 Å². The number of carbonyl (C=O) groups excluding carboxylic acids is 1. The number of primary amides is 1. The van der Waals surface area contributed by atoms with Crippen molar-refractivity contribution < 1.29 is 4.79 Å². The van der Waals surface area contributed by atoms with E-state index in [-0.39, 0.29) is 16.4 Å². The highest BCUT2D eigenvalue weighted by Crippen LogP contribution is 2.29. The Bertz CT molecular complexity index is 1370. The number of piperazine rings is 1. The molecule has 0 aliphatic carbocycles. The number of aromatic nitrogens is 3. The van der Waals surface area contributed by atoms with E-state index >= 15 is 0 Å². The summed E-state index contributed by atoms with van der Waals surface area (Å²) in [6.45, 7) is 3.63. The summed E-state index contributed by atoms with van der Waals surface area (Å²) in [6, 6.07) is 20.8. The normalized spacial score (nSPS) is 15.3. The maximum Gasteiger partial charge on any atom is 0.247 e. The molecule has 1 unspecified atom stereocenters. The van der Waals surface area contributed by atoms with Gasteiger partial charge in [-0.15, -0.1) is 5.10 Å². The highest BCUT2D eigenvalue weighted by Gasteiger charge is 2.18. The molecule has 35 heavy (non-hydrogen) atoms. The molecule has 0 saturated carbocycles. The molecule has 3 N–H and O–H groups in total. The first-order valence-corrected chi connectivity index (χ1v) is 13.3. The molecule has 1 saturated heterocycles. The van der Waals surface area contributed by atoms with E-state index in [0.29, 0.717) is 12.5 Å². The van der Waals surface area contributed by atoms with E-state index in [0.717, 1.165) is 54.3 Å². The second-order valence-corrected chi connectivity index (χ2v) is 10.4. The Balaban J connectivity index is 1.34. The molecule has 4 aromatic rings. The number of hydrogen-bond acceptors (Lipinski definition) is 6. The number of nitrogens with one attached hydrogen (secondary N) is 1. The zero-order valence-corrected chi connectivity index (χ0v) is 20.5. The van der Waals surface area contributed by atoms with Crippen LogP contribution in [0.15, 0.2) is 71.8 Å². The summed E-state index contributed by atoms with van der Waals surface area (Å²) in [6.07, 6.45) is 4.03. The molecule has 0 spiro atoms. The number of pyridine rings is 1. The molecule has 8 nitrogen and oxygen atoms in total. The van der Waals surface area contributed by atoms with Crippen molar-refractivity contribution in [2.24, 2.45) is 5.73 Å². The summed E-state index contributed by atoms with van der Waals surface area (Å²) in [5.74, 6) is 4.39. The van der Waals surface area contributed by atoms with Crippen LogP contribution < -0.4 is 16.0 Å². The highest BCUT2D eigenvalue weighted by molar-refractivity contribution is 8.13. The van der Waals surface area contributed by atoms with Gasteiger partial charge in [-0.2, -0.15) is 15.5 Å². The van der Waals surface area contributed by atoms with Crippen molar-refractivity contribution in [2.75, 3.05) is 49.2 Å². The number of carbonyl (C=O) groups is 1. The van der Waals surface area contributed by atoms with Crippen LogP contribution >= 0.6 is 10.5 Å². The lowest BCUT2D eigenvalue weighted by atomic mass is 10.1. The molecule has 2 aromatic carbocycles. The Morgan fingerprint density at radius 1 is 1.09 bits per heavy atom. The van der Waals surface area contributed by atoms with Gasteiger partial charge in [-0.3, -0.25) is 9.69 Å². The number of rotatable bonds is 7. The van der Waals surface area contributed by atoms with E-state index in [1.165, 1.54) is 4.90 Å². The number of nitrogens with two attached hydrogens (primary N) is 1. The number of benzene rings is 2. The molecule has 5 rings (SSSR count). The van der Waals surface area contributed by atoms with E-state index in [2.05, 4.69) is 74.8 Å². The first-order chi connectivity index (χ1) is 17.0. The third kappa shape index (κ3) is 5.21. The van der Waals surface area contributed by atoms with Crippen molar-refractivity contribution in [1.82, 2.24) is 19.5 Å². The van der Waals surface area contributed by atoms with Crippen LogP contribution in [0, 0.1) is 0 Å². The smallest absolute Gasteiger partial charge is 0.247 e. The second kappa shape index (κ2) is 9.89. The number of fused-ring (bicyclic) bond motifs is 1. The standard InChI is InChI=1S/C26H29N7OS/c1-35(2)22-10-8-19(9-11-22)23-7-4-12-33-25(23)29-26(30-33)28-20-5-3-6-21(17-20)32-15-13-31(14-16-32)18-24(27)34/h3-12,17H,1,13-16,18H2,2H3,(H2,27,34)(H,28,30). The van der Waals surface area contributed by atoms with Crippen molar-refractivity contribution in [3.8, 4) is 11.1 Å². The SMILES string of the molecule is C=S(C)c1ccc(-c2cccn3nc(Nc4cccc(N5CCN(CC(N)=O)CC5)c4)nc23)cc1. The van der Waals surface area contributed by atoms with Gasteiger partial charge in [-0.05, 0) is 54.3 Å². The zero-order chi connectivity index (χ0) is 24.4. The molecule has 9 heteroatoms. The summed E-state index contributed by atoms with van der Waals surface area (Å²) < 4.78 is 1.80. The summed E-state index contributed by atoms with van der Waals surface area (Å²) in [5.41, 5.74) is 10.3. The van der Waals surface area contributed by atoms with Crippen molar-refractivity contribution in [1.29, 1.82) is 0 Å². The summed E-state index contributed by atoms with van der Waals surface area (Å²) in [4.78, 5) is 21.6. The van der Waals surface area contributed by atoms with E-state index in [4.69, 9.17) is 10.7 Å². The van der Waals surface area contributed by atoms with Crippen LogP contribution in [0.25, 0.3) is 16.8 Å². The topological polar surface area (TPSA) is 91.8 Å². The molecular formula is C26H29N7OS. The molecule has 0 radical (unpaired) electrons. The van der Waals surface area contributed by atoms with Crippen LogP contribution in [-0.2, 0) is 4.79 Å². The molecule has 1 atom stereocenters. The van der Waals surface area contributed by atoms with Gasteiger partial charge in [0, 0.05) is 54.2 Å². The predicted molar refractivity (Wildman–Crippen MR) is 145 cm³/mol. The van der Waals surface area contributed by atoms with Gasteiger partial charge in [0.1, 0.15) is 0 Å². The molecule has 3 heterocycles. The number of anilines is 3. The van der Waals surface area contributed by atoms with Crippen molar-refractivity contribution in [2.45, 2.75) is 4.90 Å². The van der Waals surface area contributed by atoms with Crippen molar-refractivity contribution in [3.05, 3.63) is 66.9 Å². The molecule has 180 valence electrons. The van der Waals surface area contributed by atoms with E-state index in [1.807, 2.05) is 24.4 Å². The largest absolute Gasteiger partial charge is 0.369 e. The Kier molecular flexibility index (Phi) is 6.52. The van der Waals surface area contributed by atoms with Crippen LogP contribution in [0.3, 0.4) is 0 Å². The first-order valence-electron chi connectivity index (χ1n) is 11.5. The maximum absolute atomic E-state index is 11.2. The van der Waals surface area contributed by atoms with Crippen molar-refractivity contribution >= 4 is 45.2 Å². The van der Waals surface area contributed by atoms with Gasteiger partial charge in [0.15, 0.2) is 5.65 Å². The van der Waals surface area contributed by atoms with E-state index < -0.39 is 0 Å². The van der Waals surface area contributed by atoms with Crippen LogP contribution in [0.2, 0.25) is 0 Å². The fraction of sp³-hybridized carbons (Fsp3) is 0.231. The Morgan fingerprint density at radius 3 is 2.57 bits per heavy atom. The monoisotopic (exact) mass is 487 g/mol. The minimum absolute atomic E-state index is 0.0153. The first kappa shape index (κ1) is 23.1. The van der Waals surface area contributed by atoms with Gasteiger partial charge >= 0.3 is 0 Å². The minimum Gasteiger partial charge on any atom is -0.369 e. The maximum atomic E-state index is 11.2. The predicted octanol–water partition coefficient (Wildman–Crippen LogP) is 3.44. The summed E-state index contributed by atoms with van der Waals surface area (Å²) in [5, 5.41) is 8.00. The van der Waals surface area contributed by atoms with Crippen LogP contribution in [0.1, 0.15) is 0 Å².